The fraction of sp³-hybridized carbons (Fsp3) is 0.438. The third-order valence-corrected chi connectivity index (χ3v) is 3.17. The normalized spacial score (nSPS) is 13.1. The van der Waals surface area contributed by atoms with Gasteiger partial charge < -0.3 is 0 Å². The van der Waals surface area contributed by atoms with Crippen LogP contribution in [0.5, 0.6) is 0 Å². The molecule has 0 saturated carbocycles. The van der Waals surface area contributed by atoms with Gasteiger partial charge in [-0.05, 0) is 19.8 Å². The van der Waals surface area contributed by atoms with Gasteiger partial charge in [0.2, 0.25) is 0 Å². The van der Waals surface area contributed by atoms with Crippen LogP contribution in [-0.2, 0) is 0 Å². The standard InChI is InChI=1S/C16H21FO/c1-12(2)10-11-16(3,4)15(17)14(18)13-8-6-5-7-9-13/h5-9,15H,1,10-11H2,2-4H3. The van der Waals surface area contributed by atoms with Crippen molar-refractivity contribution >= 4 is 5.78 Å². The average Bonchev–Trinajstić information content (AvgIpc) is 2.36. The molecule has 18 heavy (non-hydrogen) atoms. The Balaban J connectivity index is 2.76. The van der Waals surface area contributed by atoms with Gasteiger partial charge in [0.25, 0.3) is 0 Å². The summed E-state index contributed by atoms with van der Waals surface area (Å²) < 4.78 is 14.3. The number of ketones is 1. The molecule has 1 aromatic carbocycles. The molecule has 0 N–H and O–H groups in total. The van der Waals surface area contributed by atoms with Gasteiger partial charge in [0.15, 0.2) is 12.0 Å². The second-order valence-electron chi connectivity index (χ2n) is 5.54. The molecule has 1 aromatic rings. The van der Waals surface area contributed by atoms with Gasteiger partial charge in [0, 0.05) is 11.0 Å². The topological polar surface area (TPSA) is 17.1 Å². The first-order valence-corrected chi connectivity index (χ1v) is 6.22. The highest BCUT2D eigenvalue weighted by Crippen LogP contribution is 2.32. The van der Waals surface area contributed by atoms with Crippen LogP contribution in [0, 0.1) is 5.41 Å². The van der Waals surface area contributed by atoms with Crippen LogP contribution >= 0.6 is 0 Å². The molecular weight excluding hydrogens is 227 g/mol. The summed E-state index contributed by atoms with van der Waals surface area (Å²) in [5.41, 5.74) is 0.794. The van der Waals surface area contributed by atoms with E-state index in [1.165, 1.54) is 0 Å². The molecule has 98 valence electrons. The van der Waals surface area contributed by atoms with Crippen molar-refractivity contribution in [1.82, 2.24) is 0 Å². The maximum Gasteiger partial charge on any atom is 0.197 e. The van der Waals surface area contributed by atoms with Gasteiger partial charge >= 0.3 is 0 Å². The zero-order valence-corrected chi connectivity index (χ0v) is 11.4. The molecule has 1 nitrogen and oxygen atoms in total. The fourth-order valence-corrected chi connectivity index (χ4v) is 1.77. The molecule has 0 bridgehead atoms. The molecule has 2 heteroatoms. The molecule has 1 atom stereocenters. The lowest BCUT2D eigenvalue weighted by molar-refractivity contribution is 0.0679. The zero-order chi connectivity index (χ0) is 13.8. The van der Waals surface area contributed by atoms with Crippen molar-refractivity contribution in [2.24, 2.45) is 5.41 Å². The number of Topliss-reactive ketones (excluding diaryl/α,β-unsaturated/α-hetero) is 1. The summed E-state index contributed by atoms with van der Waals surface area (Å²) in [7, 11) is 0. The number of halogens is 1. The van der Waals surface area contributed by atoms with E-state index in [2.05, 4.69) is 6.58 Å². The van der Waals surface area contributed by atoms with Crippen molar-refractivity contribution in [2.45, 2.75) is 39.8 Å². The first kappa shape index (κ1) is 14.6. The molecule has 0 amide bonds. The number of allylic oxidation sites excluding steroid dienone is 1. The van der Waals surface area contributed by atoms with E-state index < -0.39 is 17.4 Å². The molecule has 0 spiro atoms. The number of hydrogen-bond acceptors (Lipinski definition) is 1. The number of hydrogen-bond donors (Lipinski definition) is 0. The Hall–Kier alpha value is -1.44. The van der Waals surface area contributed by atoms with E-state index in [9.17, 15) is 9.18 Å². The maximum atomic E-state index is 14.3. The molecule has 1 rings (SSSR count). The van der Waals surface area contributed by atoms with E-state index in [1.54, 1.807) is 38.1 Å². The minimum absolute atomic E-state index is 0.428. The Morgan fingerprint density at radius 2 is 1.89 bits per heavy atom. The molecule has 0 aromatic heterocycles. The highest BCUT2D eigenvalue weighted by atomic mass is 19.1. The van der Waals surface area contributed by atoms with Gasteiger partial charge in [-0.25, -0.2) is 4.39 Å². The number of alkyl halides is 1. The monoisotopic (exact) mass is 248 g/mol. The average molecular weight is 248 g/mol. The molecule has 0 saturated heterocycles. The van der Waals surface area contributed by atoms with Crippen molar-refractivity contribution in [3.05, 3.63) is 48.0 Å². The summed E-state index contributed by atoms with van der Waals surface area (Å²) in [6, 6.07) is 8.63. The predicted molar refractivity (Wildman–Crippen MR) is 73.5 cm³/mol. The van der Waals surface area contributed by atoms with E-state index in [-0.39, 0.29) is 0 Å². The van der Waals surface area contributed by atoms with E-state index in [1.807, 2.05) is 13.0 Å². The summed E-state index contributed by atoms with van der Waals surface area (Å²) in [4.78, 5) is 12.0. The second-order valence-corrected chi connectivity index (χ2v) is 5.54. The van der Waals surface area contributed by atoms with E-state index in [0.717, 1.165) is 12.0 Å². The lowest BCUT2D eigenvalue weighted by atomic mass is 9.79. The highest BCUT2D eigenvalue weighted by Gasteiger charge is 2.35. The molecular formula is C16H21FO. The van der Waals surface area contributed by atoms with E-state index >= 15 is 0 Å². The Labute approximate surface area is 109 Å². The van der Waals surface area contributed by atoms with Crippen LogP contribution in [0.1, 0.15) is 44.0 Å². The van der Waals surface area contributed by atoms with Crippen LogP contribution in [0.25, 0.3) is 0 Å². The third kappa shape index (κ3) is 3.80. The Bertz CT molecular complexity index is 420. The Morgan fingerprint density at radius 1 is 1.33 bits per heavy atom. The molecule has 0 aliphatic heterocycles. The van der Waals surface area contributed by atoms with Crippen LogP contribution in [-0.4, -0.2) is 12.0 Å². The van der Waals surface area contributed by atoms with E-state index in [4.69, 9.17) is 0 Å². The molecule has 0 radical (unpaired) electrons. The third-order valence-electron chi connectivity index (χ3n) is 3.17. The Morgan fingerprint density at radius 3 is 2.39 bits per heavy atom. The molecule has 0 aliphatic rings. The van der Waals surface area contributed by atoms with Gasteiger partial charge in [-0.2, -0.15) is 0 Å². The first-order chi connectivity index (χ1) is 8.34. The largest absolute Gasteiger partial charge is 0.291 e. The number of carbonyl (C=O) groups is 1. The van der Waals surface area contributed by atoms with Gasteiger partial charge in [-0.3, -0.25) is 4.79 Å². The van der Waals surface area contributed by atoms with Gasteiger partial charge in [-0.1, -0.05) is 49.8 Å². The number of rotatable bonds is 6. The van der Waals surface area contributed by atoms with Crippen molar-refractivity contribution in [2.75, 3.05) is 0 Å². The van der Waals surface area contributed by atoms with Crippen molar-refractivity contribution in [3.63, 3.8) is 0 Å². The van der Waals surface area contributed by atoms with Crippen LogP contribution in [0.2, 0.25) is 0 Å². The fourth-order valence-electron chi connectivity index (χ4n) is 1.77. The molecule has 0 fully saturated rings. The minimum atomic E-state index is -1.47. The van der Waals surface area contributed by atoms with Gasteiger partial charge in [0.1, 0.15) is 0 Å². The molecule has 0 aliphatic carbocycles. The summed E-state index contributed by atoms with van der Waals surface area (Å²) in [5.74, 6) is -0.428. The van der Waals surface area contributed by atoms with Crippen molar-refractivity contribution in [3.8, 4) is 0 Å². The molecule has 1 unspecified atom stereocenters. The summed E-state index contributed by atoms with van der Waals surface area (Å²) in [5, 5.41) is 0. The predicted octanol–water partition coefficient (Wildman–Crippen LogP) is 4.59. The Kier molecular flexibility index (Phi) is 4.83. The zero-order valence-electron chi connectivity index (χ0n) is 11.4. The van der Waals surface area contributed by atoms with Crippen molar-refractivity contribution < 1.29 is 9.18 Å². The quantitative estimate of drug-likeness (QED) is 0.531. The minimum Gasteiger partial charge on any atom is -0.291 e. The first-order valence-electron chi connectivity index (χ1n) is 6.22. The highest BCUT2D eigenvalue weighted by molar-refractivity contribution is 5.99. The lowest BCUT2D eigenvalue weighted by Gasteiger charge is -2.28. The second kappa shape index (κ2) is 5.94. The number of carbonyl (C=O) groups excluding carboxylic acids is 1. The van der Waals surface area contributed by atoms with Crippen LogP contribution in [0.3, 0.4) is 0 Å². The van der Waals surface area contributed by atoms with Crippen LogP contribution < -0.4 is 0 Å². The van der Waals surface area contributed by atoms with Crippen LogP contribution in [0.4, 0.5) is 4.39 Å². The van der Waals surface area contributed by atoms with E-state index in [0.29, 0.717) is 12.0 Å². The summed E-state index contributed by atoms with van der Waals surface area (Å²) >= 11 is 0. The summed E-state index contributed by atoms with van der Waals surface area (Å²) in [6.07, 6.45) is -0.100. The van der Waals surface area contributed by atoms with Gasteiger partial charge in [-0.15, -0.1) is 6.58 Å². The number of benzene rings is 1. The molecule has 0 heterocycles. The smallest absolute Gasteiger partial charge is 0.197 e. The maximum absolute atomic E-state index is 14.3. The van der Waals surface area contributed by atoms with Crippen molar-refractivity contribution in [1.29, 1.82) is 0 Å². The van der Waals surface area contributed by atoms with Crippen LogP contribution in [0.15, 0.2) is 42.5 Å². The summed E-state index contributed by atoms with van der Waals surface area (Å²) in [6.45, 7) is 9.32. The SMILES string of the molecule is C=C(C)CCC(C)(C)C(F)C(=O)c1ccccc1. The van der Waals surface area contributed by atoms with Gasteiger partial charge in [0.05, 0.1) is 0 Å². The lowest BCUT2D eigenvalue weighted by Crippen LogP contribution is -2.33.